The van der Waals surface area contributed by atoms with Gasteiger partial charge in [-0.2, -0.15) is 0 Å². The fourth-order valence-electron chi connectivity index (χ4n) is 1.39. The Bertz CT molecular complexity index is 532. The number of benzene rings is 2. The molecule has 0 aliphatic heterocycles. The van der Waals surface area contributed by atoms with Gasteiger partial charge in [-0.25, -0.2) is 9.18 Å². The summed E-state index contributed by atoms with van der Waals surface area (Å²) in [5.41, 5.74) is 0.315. The van der Waals surface area contributed by atoms with Crippen LogP contribution in [0.1, 0.15) is 27.6 Å². The van der Waals surface area contributed by atoms with E-state index in [-0.39, 0.29) is 22.7 Å². The molecule has 0 saturated heterocycles. The third kappa shape index (κ3) is 4.71. The molecule has 0 aromatic heterocycles. The van der Waals surface area contributed by atoms with Crippen molar-refractivity contribution in [2.24, 2.45) is 0 Å². The van der Waals surface area contributed by atoms with Crippen LogP contribution in [0.5, 0.6) is 0 Å². The molecular formula is C15H13FO3. The quantitative estimate of drug-likeness (QED) is 0.842. The molecule has 0 radical (unpaired) electrons. The van der Waals surface area contributed by atoms with Crippen LogP contribution < -0.4 is 0 Å². The fourth-order valence-corrected chi connectivity index (χ4v) is 1.39. The van der Waals surface area contributed by atoms with Crippen molar-refractivity contribution in [2.75, 3.05) is 0 Å². The lowest BCUT2D eigenvalue weighted by Crippen LogP contribution is -2.05. The van der Waals surface area contributed by atoms with E-state index < -0.39 is 5.97 Å². The van der Waals surface area contributed by atoms with Gasteiger partial charge in [0.05, 0.1) is 5.56 Å². The molecular weight excluding hydrogens is 247 g/mol. The molecule has 4 heteroatoms. The standard InChI is InChI=1S/C9H8O3.C6H5F/c1-6(10)7-4-2-3-5-8(7)9(11)12;7-6-4-2-1-3-5-6/h2-5H,1H3,(H,11,12);1-5H. The van der Waals surface area contributed by atoms with Gasteiger partial charge >= 0.3 is 5.97 Å². The van der Waals surface area contributed by atoms with E-state index in [9.17, 15) is 14.0 Å². The summed E-state index contributed by atoms with van der Waals surface area (Å²) in [6, 6.07) is 14.1. The zero-order chi connectivity index (χ0) is 14.3. The molecule has 2 aromatic rings. The first-order valence-electron chi connectivity index (χ1n) is 5.56. The van der Waals surface area contributed by atoms with Gasteiger partial charge in [-0.3, -0.25) is 4.79 Å². The van der Waals surface area contributed by atoms with Crippen molar-refractivity contribution in [3.8, 4) is 0 Å². The Morgan fingerprint density at radius 1 is 0.895 bits per heavy atom. The molecule has 0 saturated carbocycles. The van der Waals surface area contributed by atoms with Crippen LogP contribution in [-0.2, 0) is 0 Å². The van der Waals surface area contributed by atoms with E-state index in [0.717, 1.165) is 0 Å². The van der Waals surface area contributed by atoms with Gasteiger partial charge in [0.1, 0.15) is 5.82 Å². The van der Waals surface area contributed by atoms with E-state index in [1.54, 1.807) is 30.3 Å². The minimum Gasteiger partial charge on any atom is -0.478 e. The number of halogens is 1. The van der Waals surface area contributed by atoms with E-state index in [1.165, 1.54) is 31.2 Å². The largest absolute Gasteiger partial charge is 0.478 e. The number of carboxylic acid groups (broad SMARTS) is 1. The van der Waals surface area contributed by atoms with Crippen LogP contribution in [0.4, 0.5) is 4.39 Å². The third-order valence-corrected chi connectivity index (χ3v) is 2.27. The molecule has 0 aliphatic carbocycles. The molecule has 19 heavy (non-hydrogen) atoms. The number of hydrogen-bond acceptors (Lipinski definition) is 2. The predicted molar refractivity (Wildman–Crippen MR) is 69.8 cm³/mol. The van der Waals surface area contributed by atoms with Crippen LogP contribution in [0.3, 0.4) is 0 Å². The highest BCUT2D eigenvalue weighted by Gasteiger charge is 2.11. The maximum absolute atomic E-state index is 11.9. The molecule has 3 nitrogen and oxygen atoms in total. The summed E-state index contributed by atoms with van der Waals surface area (Å²) in [5.74, 6) is -1.48. The molecule has 0 unspecified atom stereocenters. The van der Waals surface area contributed by atoms with Crippen molar-refractivity contribution in [3.63, 3.8) is 0 Å². The molecule has 0 spiro atoms. The summed E-state index contributed by atoms with van der Waals surface area (Å²) in [7, 11) is 0. The zero-order valence-corrected chi connectivity index (χ0v) is 10.3. The smallest absolute Gasteiger partial charge is 0.336 e. The van der Waals surface area contributed by atoms with Gasteiger partial charge in [-0.15, -0.1) is 0 Å². The number of carboxylic acids is 1. The summed E-state index contributed by atoms with van der Waals surface area (Å²) < 4.78 is 11.9. The number of carbonyl (C=O) groups is 2. The summed E-state index contributed by atoms with van der Waals surface area (Å²) >= 11 is 0. The number of hydrogen-bond donors (Lipinski definition) is 1. The van der Waals surface area contributed by atoms with Gasteiger partial charge in [-0.05, 0) is 25.1 Å². The summed E-state index contributed by atoms with van der Waals surface area (Å²) in [6.45, 7) is 1.35. The van der Waals surface area contributed by atoms with Crippen molar-refractivity contribution in [1.29, 1.82) is 0 Å². The molecule has 0 amide bonds. The fraction of sp³-hybridized carbons (Fsp3) is 0.0667. The van der Waals surface area contributed by atoms with Crippen molar-refractivity contribution >= 4 is 11.8 Å². The monoisotopic (exact) mass is 260 g/mol. The summed E-state index contributed by atoms with van der Waals surface area (Å²) in [6.07, 6.45) is 0. The highest BCUT2D eigenvalue weighted by molar-refractivity contribution is 6.04. The molecule has 0 heterocycles. The van der Waals surface area contributed by atoms with E-state index in [4.69, 9.17) is 5.11 Å². The Balaban J connectivity index is 0.000000218. The van der Waals surface area contributed by atoms with Crippen LogP contribution >= 0.6 is 0 Å². The Hall–Kier alpha value is -2.49. The van der Waals surface area contributed by atoms with Crippen LogP contribution in [0, 0.1) is 5.82 Å². The minimum atomic E-state index is -1.07. The average Bonchev–Trinajstić information content (AvgIpc) is 2.40. The second-order valence-corrected chi connectivity index (χ2v) is 3.70. The van der Waals surface area contributed by atoms with Crippen molar-refractivity contribution in [3.05, 3.63) is 71.5 Å². The lowest BCUT2D eigenvalue weighted by molar-refractivity contribution is 0.0692. The molecule has 0 bridgehead atoms. The van der Waals surface area contributed by atoms with E-state index in [0.29, 0.717) is 0 Å². The Labute approximate surface area is 110 Å². The highest BCUT2D eigenvalue weighted by atomic mass is 19.1. The first-order chi connectivity index (χ1) is 9.02. The van der Waals surface area contributed by atoms with Gasteiger partial charge in [-0.1, -0.05) is 36.4 Å². The van der Waals surface area contributed by atoms with E-state index in [1.807, 2.05) is 0 Å². The van der Waals surface area contributed by atoms with Crippen LogP contribution in [-0.4, -0.2) is 16.9 Å². The lowest BCUT2D eigenvalue weighted by atomic mass is 10.1. The molecule has 0 atom stereocenters. The van der Waals surface area contributed by atoms with E-state index >= 15 is 0 Å². The minimum absolute atomic E-state index is 0.0602. The molecule has 2 rings (SSSR count). The second-order valence-electron chi connectivity index (χ2n) is 3.70. The van der Waals surface area contributed by atoms with Crippen LogP contribution in [0.15, 0.2) is 54.6 Å². The number of Topliss-reactive ketones (excluding diaryl/α,β-unsaturated/α-hetero) is 1. The summed E-state index contributed by atoms with van der Waals surface area (Å²) in [5, 5.41) is 8.66. The zero-order valence-electron chi connectivity index (χ0n) is 10.3. The third-order valence-electron chi connectivity index (χ3n) is 2.27. The number of ketones is 1. The molecule has 1 N–H and O–H groups in total. The number of carbonyl (C=O) groups excluding carboxylic acids is 1. The Morgan fingerprint density at radius 2 is 1.37 bits per heavy atom. The first kappa shape index (κ1) is 14.6. The maximum Gasteiger partial charge on any atom is 0.336 e. The second kappa shape index (κ2) is 7.06. The molecule has 0 fully saturated rings. The van der Waals surface area contributed by atoms with Gasteiger partial charge in [0.15, 0.2) is 5.78 Å². The molecule has 0 aliphatic rings. The Kier molecular flexibility index (Phi) is 5.41. The van der Waals surface area contributed by atoms with Gasteiger partial charge in [0, 0.05) is 5.56 Å². The number of rotatable bonds is 2. The summed E-state index contributed by atoms with van der Waals surface area (Å²) in [4.78, 5) is 21.5. The van der Waals surface area contributed by atoms with Crippen molar-refractivity contribution in [1.82, 2.24) is 0 Å². The SMILES string of the molecule is CC(=O)c1ccccc1C(=O)O.Fc1ccccc1. The lowest BCUT2D eigenvalue weighted by Gasteiger charge is -1.99. The molecule has 98 valence electrons. The molecule has 2 aromatic carbocycles. The predicted octanol–water partition coefficient (Wildman–Crippen LogP) is 3.41. The normalized spacial score (nSPS) is 9.16. The first-order valence-corrected chi connectivity index (χ1v) is 5.56. The topological polar surface area (TPSA) is 54.4 Å². The number of aromatic carboxylic acids is 1. The maximum atomic E-state index is 11.9. The van der Waals surface area contributed by atoms with Gasteiger partial charge in [0.2, 0.25) is 0 Å². The van der Waals surface area contributed by atoms with E-state index in [2.05, 4.69) is 0 Å². The van der Waals surface area contributed by atoms with Crippen LogP contribution in [0.25, 0.3) is 0 Å². The van der Waals surface area contributed by atoms with Crippen LogP contribution in [0.2, 0.25) is 0 Å². The van der Waals surface area contributed by atoms with Crippen molar-refractivity contribution < 1.29 is 19.1 Å². The van der Waals surface area contributed by atoms with Crippen molar-refractivity contribution in [2.45, 2.75) is 6.92 Å². The average molecular weight is 260 g/mol. The van der Waals surface area contributed by atoms with Gasteiger partial charge in [0.25, 0.3) is 0 Å². The van der Waals surface area contributed by atoms with Gasteiger partial charge < -0.3 is 5.11 Å². The Morgan fingerprint density at radius 3 is 1.68 bits per heavy atom. The highest BCUT2D eigenvalue weighted by Crippen LogP contribution is 2.08.